The van der Waals surface area contributed by atoms with Gasteiger partial charge in [-0.15, -0.1) is 0 Å². The number of hydrogen-bond donors (Lipinski definition) is 1. The Morgan fingerprint density at radius 2 is 1.60 bits per heavy atom. The third-order valence-corrected chi connectivity index (χ3v) is 4.47. The van der Waals surface area contributed by atoms with Crippen LogP contribution in [-0.4, -0.2) is 12.0 Å². The molecule has 0 bridgehead atoms. The Kier molecular flexibility index (Phi) is 6.63. The average Bonchev–Trinajstić information content (AvgIpc) is 2.59. The first kappa shape index (κ1) is 19.0. The Labute approximate surface area is 151 Å². The molecule has 0 aliphatic heterocycles. The van der Waals surface area contributed by atoms with E-state index in [2.05, 4.69) is 49.5 Å². The monoisotopic (exact) mass is 339 g/mol. The van der Waals surface area contributed by atoms with Crippen molar-refractivity contribution in [3.63, 3.8) is 0 Å². The van der Waals surface area contributed by atoms with Crippen LogP contribution in [0.4, 0.5) is 0 Å². The number of ether oxygens (including phenoxy) is 1. The summed E-state index contributed by atoms with van der Waals surface area (Å²) in [5.41, 5.74) is 4.59. The summed E-state index contributed by atoms with van der Waals surface area (Å²) in [7, 11) is 0. The van der Waals surface area contributed by atoms with Crippen molar-refractivity contribution in [3.8, 4) is 5.75 Å². The van der Waals surface area contributed by atoms with Crippen LogP contribution in [-0.2, 0) is 4.79 Å². The topological polar surface area (TPSA) is 38.3 Å². The van der Waals surface area contributed by atoms with Gasteiger partial charge in [0.15, 0.2) is 6.10 Å². The summed E-state index contributed by atoms with van der Waals surface area (Å²) in [5.74, 6) is 0.714. The van der Waals surface area contributed by atoms with E-state index in [1.54, 1.807) is 0 Å². The lowest BCUT2D eigenvalue weighted by atomic mass is 10.0. The minimum atomic E-state index is -0.485. The van der Waals surface area contributed by atoms with Gasteiger partial charge in [-0.05, 0) is 50.8 Å². The standard InChI is InChI=1S/C22H29NO2/c1-6-19(18-11-8-15(3)9-12-18)23-22(24)20(7-2)25-21-13-10-16(4)14-17(21)5/h8-14,19-20H,6-7H2,1-5H3,(H,23,24)/t19-,20-/m0/s1. The SMILES string of the molecule is CC[C@H](Oc1ccc(C)cc1C)C(=O)N[C@@H](CC)c1ccc(C)cc1. The molecule has 0 saturated carbocycles. The van der Waals surface area contributed by atoms with E-state index in [9.17, 15) is 4.79 Å². The molecule has 0 spiro atoms. The van der Waals surface area contributed by atoms with E-state index < -0.39 is 6.10 Å². The number of aryl methyl sites for hydroxylation is 3. The largest absolute Gasteiger partial charge is 0.480 e. The van der Waals surface area contributed by atoms with Gasteiger partial charge in [-0.1, -0.05) is 61.4 Å². The smallest absolute Gasteiger partial charge is 0.261 e. The second kappa shape index (κ2) is 8.70. The van der Waals surface area contributed by atoms with Crippen LogP contribution in [0.15, 0.2) is 42.5 Å². The second-order valence-corrected chi connectivity index (χ2v) is 6.66. The summed E-state index contributed by atoms with van der Waals surface area (Å²) in [4.78, 5) is 12.7. The molecule has 3 heteroatoms. The molecule has 25 heavy (non-hydrogen) atoms. The maximum atomic E-state index is 12.7. The molecular formula is C22H29NO2. The molecular weight excluding hydrogens is 310 g/mol. The van der Waals surface area contributed by atoms with Crippen molar-refractivity contribution in [1.82, 2.24) is 5.32 Å². The highest BCUT2D eigenvalue weighted by Gasteiger charge is 2.22. The summed E-state index contributed by atoms with van der Waals surface area (Å²) in [5, 5.41) is 3.14. The summed E-state index contributed by atoms with van der Waals surface area (Å²) >= 11 is 0. The minimum absolute atomic E-state index is 0.00450. The van der Waals surface area contributed by atoms with E-state index in [1.807, 2.05) is 32.9 Å². The molecule has 3 nitrogen and oxygen atoms in total. The Hall–Kier alpha value is -2.29. The fourth-order valence-corrected chi connectivity index (χ4v) is 2.89. The molecule has 2 rings (SSSR count). The van der Waals surface area contributed by atoms with Gasteiger partial charge in [-0.25, -0.2) is 0 Å². The number of carbonyl (C=O) groups excluding carboxylic acids is 1. The summed E-state index contributed by atoms with van der Waals surface area (Å²) in [6.45, 7) is 10.2. The number of nitrogens with one attached hydrogen (secondary N) is 1. The van der Waals surface area contributed by atoms with Crippen LogP contribution < -0.4 is 10.1 Å². The zero-order valence-electron chi connectivity index (χ0n) is 15.9. The molecule has 134 valence electrons. The summed E-state index contributed by atoms with van der Waals surface area (Å²) in [6.07, 6.45) is 0.985. The van der Waals surface area contributed by atoms with Gasteiger partial charge in [0.05, 0.1) is 6.04 Å². The Morgan fingerprint density at radius 1 is 0.960 bits per heavy atom. The van der Waals surface area contributed by atoms with Crippen LogP contribution in [0, 0.1) is 20.8 Å². The molecule has 0 unspecified atom stereocenters. The first-order valence-electron chi connectivity index (χ1n) is 9.05. The molecule has 1 N–H and O–H groups in total. The van der Waals surface area contributed by atoms with Crippen LogP contribution in [0.5, 0.6) is 5.75 Å². The minimum Gasteiger partial charge on any atom is -0.480 e. The third-order valence-electron chi connectivity index (χ3n) is 4.47. The van der Waals surface area contributed by atoms with Crippen LogP contribution in [0.3, 0.4) is 0 Å². The lowest BCUT2D eigenvalue weighted by molar-refractivity contribution is -0.129. The number of rotatable bonds is 7. The van der Waals surface area contributed by atoms with Crippen LogP contribution >= 0.6 is 0 Å². The number of benzene rings is 2. The Bertz CT molecular complexity index is 706. The van der Waals surface area contributed by atoms with Gasteiger partial charge < -0.3 is 10.1 Å². The quantitative estimate of drug-likeness (QED) is 0.768. The van der Waals surface area contributed by atoms with Crippen LogP contribution in [0.2, 0.25) is 0 Å². The summed E-state index contributed by atoms with van der Waals surface area (Å²) in [6, 6.07) is 14.3. The normalized spacial score (nSPS) is 13.2. The lowest BCUT2D eigenvalue weighted by Crippen LogP contribution is -2.40. The van der Waals surface area contributed by atoms with E-state index in [0.29, 0.717) is 6.42 Å². The third kappa shape index (κ3) is 5.09. The predicted molar refractivity (Wildman–Crippen MR) is 103 cm³/mol. The molecule has 2 atom stereocenters. The zero-order valence-corrected chi connectivity index (χ0v) is 15.9. The van der Waals surface area contributed by atoms with E-state index in [0.717, 1.165) is 23.3 Å². The number of carbonyl (C=O) groups is 1. The van der Waals surface area contributed by atoms with Gasteiger partial charge in [-0.3, -0.25) is 4.79 Å². The van der Waals surface area contributed by atoms with Gasteiger partial charge in [0.25, 0.3) is 5.91 Å². The van der Waals surface area contributed by atoms with E-state index in [-0.39, 0.29) is 11.9 Å². The van der Waals surface area contributed by atoms with E-state index in [1.165, 1.54) is 11.1 Å². The molecule has 0 saturated heterocycles. The fraction of sp³-hybridized carbons (Fsp3) is 0.409. The summed E-state index contributed by atoms with van der Waals surface area (Å²) < 4.78 is 6.00. The maximum absolute atomic E-state index is 12.7. The van der Waals surface area contributed by atoms with Crippen LogP contribution in [0.25, 0.3) is 0 Å². The molecule has 0 aliphatic rings. The first-order valence-corrected chi connectivity index (χ1v) is 9.05. The Morgan fingerprint density at radius 3 is 2.16 bits per heavy atom. The van der Waals surface area contributed by atoms with E-state index >= 15 is 0 Å². The van der Waals surface area contributed by atoms with Crippen molar-refractivity contribution in [1.29, 1.82) is 0 Å². The molecule has 0 aliphatic carbocycles. The molecule has 0 radical (unpaired) electrons. The van der Waals surface area contributed by atoms with Gasteiger partial charge in [0.2, 0.25) is 0 Å². The second-order valence-electron chi connectivity index (χ2n) is 6.66. The molecule has 0 aromatic heterocycles. The Balaban J connectivity index is 2.08. The molecule has 1 amide bonds. The zero-order chi connectivity index (χ0) is 18.4. The van der Waals surface area contributed by atoms with Crippen molar-refractivity contribution < 1.29 is 9.53 Å². The van der Waals surface area contributed by atoms with Gasteiger partial charge >= 0.3 is 0 Å². The molecule has 0 fully saturated rings. The maximum Gasteiger partial charge on any atom is 0.261 e. The predicted octanol–water partition coefficient (Wildman–Crippen LogP) is 5.04. The van der Waals surface area contributed by atoms with Gasteiger partial charge in [0.1, 0.15) is 5.75 Å². The van der Waals surface area contributed by atoms with Crippen molar-refractivity contribution in [3.05, 3.63) is 64.7 Å². The highest BCUT2D eigenvalue weighted by molar-refractivity contribution is 5.81. The molecule has 2 aromatic rings. The number of hydrogen-bond acceptors (Lipinski definition) is 2. The van der Waals surface area contributed by atoms with Gasteiger partial charge in [0, 0.05) is 0 Å². The average molecular weight is 339 g/mol. The molecule has 0 heterocycles. The lowest BCUT2D eigenvalue weighted by Gasteiger charge is -2.23. The van der Waals surface area contributed by atoms with Crippen LogP contribution in [0.1, 0.15) is 55.0 Å². The number of amides is 1. The highest BCUT2D eigenvalue weighted by atomic mass is 16.5. The van der Waals surface area contributed by atoms with Crippen molar-refractivity contribution in [2.45, 2.75) is 59.6 Å². The van der Waals surface area contributed by atoms with Gasteiger partial charge in [-0.2, -0.15) is 0 Å². The highest BCUT2D eigenvalue weighted by Crippen LogP contribution is 2.22. The van der Waals surface area contributed by atoms with Crippen molar-refractivity contribution >= 4 is 5.91 Å². The van der Waals surface area contributed by atoms with Crippen molar-refractivity contribution in [2.24, 2.45) is 0 Å². The van der Waals surface area contributed by atoms with Crippen molar-refractivity contribution in [2.75, 3.05) is 0 Å². The molecule has 2 aromatic carbocycles. The van der Waals surface area contributed by atoms with E-state index in [4.69, 9.17) is 4.74 Å². The first-order chi connectivity index (χ1) is 11.9. The fourth-order valence-electron chi connectivity index (χ4n) is 2.89.